The van der Waals surface area contributed by atoms with Gasteiger partial charge in [-0.1, -0.05) is 12.1 Å². The molecule has 1 fully saturated rings. The fourth-order valence-corrected chi connectivity index (χ4v) is 4.46. The van der Waals surface area contributed by atoms with Crippen molar-refractivity contribution in [2.75, 3.05) is 33.3 Å². The fraction of sp³-hybridized carbons (Fsp3) is 0.250. The summed E-state index contributed by atoms with van der Waals surface area (Å²) < 4.78 is 11.7. The number of nitriles is 1. The van der Waals surface area contributed by atoms with Gasteiger partial charge in [-0.15, -0.1) is 0 Å². The van der Waals surface area contributed by atoms with E-state index in [1.165, 1.54) is 0 Å². The number of rotatable bonds is 2. The van der Waals surface area contributed by atoms with Gasteiger partial charge in [-0.3, -0.25) is 4.79 Å². The number of fused-ring (bicyclic) bond motifs is 2. The van der Waals surface area contributed by atoms with Crippen LogP contribution in [0.15, 0.2) is 65.7 Å². The van der Waals surface area contributed by atoms with Crippen molar-refractivity contribution in [3.05, 3.63) is 82.9 Å². The maximum Gasteiger partial charge on any atom is 0.253 e. The van der Waals surface area contributed by atoms with Gasteiger partial charge >= 0.3 is 0 Å². The first-order valence-corrected chi connectivity index (χ1v) is 11.7. The number of aryl methyl sites for hydroxylation is 1. The number of carbonyl (C=O) groups is 1. The highest BCUT2D eigenvalue weighted by Crippen LogP contribution is 2.40. The monoisotopic (exact) mass is 466 g/mol. The van der Waals surface area contributed by atoms with Gasteiger partial charge in [0.2, 0.25) is 0 Å². The topological polar surface area (TPSA) is 78.2 Å². The van der Waals surface area contributed by atoms with Gasteiger partial charge in [-0.05, 0) is 61.4 Å². The quantitative estimate of drug-likeness (QED) is 0.536. The van der Waals surface area contributed by atoms with Crippen LogP contribution in [-0.2, 0) is 0 Å². The molecular weight excluding hydrogens is 440 g/mol. The minimum absolute atomic E-state index is 0.0546. The molecule has 1 saturated heterocycles. The SMILES string of the molecule is COc1ccc2c(c1)Oc1cc(C)ccc1N=C2N1CCCN(C(=O)c2cccc(C#N)c2)CC1. The van der Waals surface area contributed by atoms with Crippen molar-refractivity contribution < 1.29 is 14.3 Å². The minimum atomic E-state index is -0.0546. The van der Waals surface area contributed by atoms with E-state index in [9.17, 15) is 10.1 Å². The number of amidine groups is 1. The van der Waals surface area contributed by atoms with Crippen molar-refractivity contribution in [3.63, 3.8) is 0 Å². The Kier molecular flexibility index (Phi) is 6.11. The summed E-state index contributed by atoms with van der Waals surface area (Å²) in [7, 11) is 1.64. The number of ether oxygens (including phenoxy) is 2. The molecule has 7 heteroatoms. The third-order valence-corrected chi connectivity index (χ3v) is 6.31. The maximum absolute atomic E-state index is 13.2. The van der Waals surface area contributed by atoms with Crippen molar-refractivity contribution in [2.24, 2.45) is 4.99 Å². The Bertz CT molecular complexity index is 1360. The van der Waals surface area contributed by atoms with E-state index in [0.717, 1.165) is 35.6 Å². The van der Waals surface area contributed by atoms with E-state index >= 15 is 0 Å². The van der Waals surface area contributed by atoms with Crippen LogP contribution in [0.25, 0.3) is 0 Å². The van der Waals surface area contributed by atoms with Gasteiger partial charge in [-0.2, -0.15) is 5.26 Å². The molecule has 0 aliphatic carbocycles. The summed E-state index contributed by atoms with van der Waals surface area (Å²) >= 11 is 0. The van der Waals surface area contributed by atoms with E-state index in [1.54, 1.807) is 31.4 Å². The zero-order valence-electron chi connectivity index (χ0n) is 19.8. The Balaban J connectivity index is 1.45. The number of amides is 1. The largest absolute Gasteiger partial charge is 0.497 e. The van der Waals surface area contributed by atoms with E-state index < -0.39 is 0 Å². The van der Waals surface area contributed by atoms with Gasteiger partial charge in [-0.25, -0.2) is 4.99 Å². The van der Waals surface area contributed by atoms with Crippen molar-refractivity contribution in [3.8, 4) is 23.3 Å². The van der Waals surface area contributed by atoms with Crippen LogP contribution in [0.3, 0.4) is 0 Å². The molecule has 3 aromatic carbocycles. The summed E-state index contributed by atoms with van der Waals surface area (Å²) in [5.74, 6) is 2.88. The molecule has 0 aromatic heterocycles. The van der Waals surface area contributed by atoms with E-state index in [-0.39, 0.29) is 5.91 Å². The zero-order valence-corrected chi connectivity index (χ0v) is 19.8. The summed E-state index contributed by atoms with van der Waals surface area (Å²) in [6.45, 7) is 4.62. The average Bonchev–Trinajstić information content (AvgIpc) is 3.22. The molecule has 5 rings (SSSR count). The summed E-state index contributed by atoms with van der Waals surface area (Å²) in [4.78, 5) is 22.3. The molecule has 0 saturated carbocycles. The van der Waals surface area contributed by atoms with E-state index in [1.807, 2.05) is 48.2 Å². The molecule has 0 bridgehead atoms. The van der Waals surface area contributed by atoms with E-state index in [4.69, 9.17) is 14.5 Å². The molecule has 0 N–H and O–H groups in total. The number of aliphatic imine (C=N–C) groups is 1. The number of hydrogen-bond donors (Lipinski definition) is 0. The first-order chi connectivity index (χ1) is 17.1. The van der Waals surface area contributed by atoms with Crippen LogP contribution in [0.2, 0.25) is 0 Å². The maximum atomic E-state index is 13.2. The molecule has 176 valence electrons. The Morgan fingerprint density at radius 3 is 2.74 bits per heavy atom. The van der Waals surface area contributed by atoms with Crippen LogP contribution in [0.5, 0.6) is 17.2 Å². The second kappa shape index (κ2) is 9.51. The van der Waals surface area contributed by atoms with E-state index in [2.05, 4.69) is 11.0 Å². The van der Waals surface area contributed by atoms with Crippen LogP contribution in [-0.4, -0.2) is 54.8 Å². The van der Waals surface area contributed by atoms with Gasteiger partial charge < -0.3 is 19.3 Å². The molecule has 7 nitrogen and oxygen atoms in total. The number of hydrogen-bond acceptors (Lipinski definition) is 6. The standard InChI is InChI=1S/C28H26N4O3/c1-19-7-10-24-26(15-19)35-25-17-22(34-2)8-9-23(25)27(30-24)31-11-4-12-32(14-13-31)28(33)21-6-3-5-20(16-21)18-29/h3,5-10,15-17H,4,11-14H2,1-2H3. The normalized spacial score (nSPS) is 14.9. The number of carbonyl (C=O) groups excluding carboxylic acids is 1. The molecule has 0 spiro atoms. The lowest BCUT2D eigenvalue weighted by Gasteiger charge is -2.25. The first kappa shape index (κ1) is 22.5. The predicted octanol–water partition coefficient (Wildman–Crippen LogP) is 4.91. The molecule has 2 aliphatic rings. The third-order valence-electron chi connectivity index (χ3n) is 6.31. The van der Waals surface area contributed by atoms with Crippen molar-refractivity contribution in [1.82, 2.24) is 9.80 Å². The lowest BCUT2D eigenvalue weighted by molar-refractivity contribution is 0.0764. The fourth-order valence-electron chi connectivity index (χ4n) is 4.46. The molecule has 2 aliphatic heterocycles. The van der Waals surface area contributed by atoms with Crippen LogP contribution in [0, 0.1) is 18.3 Å². The lowest BCUT2D eigenvalue weighted by Crippen LogP contribution is -2.37. The Morgan fingerprint density at radius 1 is 1.03 bits per heavy atom. The highest BCUT2D eigenvalue weighted by atomic mass is 16.5. The molecule has 1 amide bonds. The first-order valence-electron chi connectivity index (χ1n) is 11.7. The summed E-state index contributed by atoms with van der Waals surface area (Å²) in [6, 6.07) is 20.8. The minimum Gasteiger partial charge on any atom is -0.497 e. The van der Waals surface area contributed by atoms with Crippen LogP contribution in [0.1, 0.15) is 33.5 Å². The molecule has 0 radical (unpaired) electrons. The van der Waals surface area contributed by atoms with Crippen LogP contribution < -0.4 is 9.47 Å². The van der Waals surface area contributed by atoms with Crippen LogP contribution >= 0.6 is 0 Å². The van der Waals surface area contributed by atoms with Crippen LogP contribution in [0.4, 0.5) is 5.69 Å². The Labute approximate surface area is 204 Å². The smallest absolute Gasteiger partial charge is 0.253 e. The van der Waals surface area contributed by atoms with E-state index in [0.29, 0.717) is 48.0 Å². The predicted molar refractivity (Wildman–Crippen MR) is 134 cm³/mol. The van der Waals surface area contributed by atoms with Gasteiger partial charge in [0.05, 0.1) is 24.3 Å². The van der Waals surface area contributed by atoms with Gasteiger partial charge in [0, 0.05) is 37.8 Å². The number of methoxy groups -OCH3 is 1. The Hall–Kier alpha value is -4.31. The average molecular weight is 467 g/mol. The van der Waals surface area contributed by atoms with Crippen molar-refractivity contribution in [1.29, 1.82) is 5.26 Å². The second-order valence-electron chi connectivity index (χ2n) is 8.70. The molecule has 2 heterocycles. The number of benzene rings is 3. The zero-order chi connectivity index (χ0) is 24.4. The number of nitrogens with zero attached hydrogens (tertiary/aromatic N) is 4. The summed E-state index contributed by atoms with van der Waals surface area (Å²) in [6.07, 6.45) is 0.801. The van der Waals surface area contributed by atoms with Gasteiger partial charge in [0.1, 0.15) is 23.0 Å². The lowest BCUT2D eigenvalue weighted by atomic mass is 10.1. The molecule has 0 atom stereocenters. The molecule has 3 aromatic rings. The third kappa shape index (κ3) is 4.56. The van der Waals surface area contributed by atoms with Gasteiger partial charge in [0.15, 0.2) is 5.75 Å². The van der Waals surface area contributed by atoms with Crippen molar-refractivity contribution >= 4 is 17.4 Å². The molecule has 35 heavy (non-hydrogen) atoms. The summed E-state index contributed by atoms with van der Waals surface area (Å²) in [5.41, 5.74) is 3.78. The Morgan fingerprint density at radius 2 is 1.91 bits per heavy atom. The molecular formula is C28H26N4O3. The second-order valence-corrected chi connectivity index (χ2v) is 8.70. The van der Waals surface area contributed by atoms with Gasteiger partial charge in [0.25, 0.3) is 5.91 Å². The molecule has 0 unspecified atom stereocenters. The highest BCUT2D eigenvalue weighted by Gasteiger charge is 2.27. The summed E-state index contributed by atoms with van der Waals surface area (Å²) in [5, 5.41) is 9.19. The highest BCUT2D eigenvalue weighted by molar-refractivity contribution is 6.04. The van der Waals surface area contributed by atoms with Crippen molar-refractivity contribution in [2.45, 2.75) is 13.3 Å².